The number of hydrazine groups is 1. The van der Waals surface area contributed by atoms with Gasteiger partial charge in [0.2, 0.25) is 5.91 Å². The molecule has 0 unspecified atom stereocenters. The Labute approximate surface area is 184 Å². The van der Waals surface area contributed by atoms with Crippen LogP contribution in [0.25, 0.3) is 0 Å². The number of nitrogens with one attached hydrogen (secondary N) is 2. The van der Waals surface area contributed by atoms with Crippen LogP contribution < -0.4 is 10.9 Å². The maximum absolute atomic E-state index is 12.2. The van der Waals surface area contributed by atoms with Crippen molar-refractivity contribution < 1.29 is 14.7 Å². The largest absolute Gasteiger partial charge is 0.508 e. The van der Waals surface area contributed by atoms with Crippen LogP contribution in [0.15, 0.2) is 77.7 Å². The average molecular weight is 441 g/mol. The number of carbonyl (C=O) groups is 2. The van der Waals surface area contributed by atoms with E-state index in [0.717, 1.165) is 16.2 Å². The molecule has 5 nitrogen and oxygen atoms in total. The van der Waals surface area contributed by atoms with E-state index in [1.165, 1.54) is 0 Å². The van der Waals surface area contributed by atoms with Gasteiger partial charge in [0.25, 0.3) is 5.91 Å². The number of aromatic hydroxyl groups is 1. The van der Waals surface area contributed by atoms with Crippen LogP contribution in [0.5, 0.6) is 5.75 Å². The van der Waals surface area contributed by atoms with Crippen molar-refractivity contribution in [2.45, 2.75) is 23.5 Å². The molecule has 0 radical (unpaired) electrons. The van der Waals surface area contributed by atoms with Gasteiger partial charge in [-0.3, -0.25) is 20.4 Å². The lowest BCUT2D eigenvalue weighted by Crippen LogP contribution is -2.41. The van der Waals surface area contributed by atoms with Crippen LogP contribution in [0.4, 0.5) is 0 Å². The van der Waals surface area contributed by atoms with Crippen molar-refractivity contribution in [3.63, 3.8) is 0 Å². The normalized spacial score (nSPS) is 10.4. The number of carbonyl (C=O) groups excluding carboxylic acids is 2. The van der Waals surface area contributed by atoms with E-state index in [-0.39, 0.29) is 24.0 Å². The molecule has 0 atom stereocenters. The van der Waals surface area contributed by atoms with Crippen molar-refractivity contribution >= 4 is 35.2 Å². The molecule has 0 fully saturated rings. The third kappa shape index (κ3) is 6.54. The quantitative estimate of drug-likeness (QED) is 0.366. The zero-order chi connectivity index (χ0) is 21.3. The Balaban J connectivity index is 1.43. The number of phenols is 1. The van der Waals surface area contributed by atoms with Crippen LogP contribution in [0.2, 0.25) is 5.02 Å². The fourth-order valence-corrected chi connectivity index (χ4v) is 3.66. The number of benzene rings is 3. The highest BCUT2D eigenvalue weighted by Gasteiger charge is 2.09. The van der Waals surface area contributed by atoms with Gasteiger partial charge in [-0.2, -0.15) is 0 Å². The van der Waals surface area contributed by atoms with Gasteiger partial charge in [-0.1, -0.05) is 41.9 Å². The predicted molar refractivity (Wildman–Crippen MR) is 119 cm³/mol. The minimum atomic E-state index is -0.386. The minimum Gasteiger partial charge on any atom is -0.508 e. The highest BCUT2D eigenvalue weighted by Crippen LogP contribution is 2.24. The molecule has 0 aromatic heterocycles. The summed E-state index contributed by atoms with van der Waals surface area (Å²) in [4.78, 5) is 25.3. The summed E-state index contributed by atoms with van der Waals surface area (Å²) in [5, 5.41) is 10.4. The lowest BCUT2D eigenvalue weighted by molar-refractivity contribution is -0.121. The lowest BCUT2D eigenvalue weighted by atomic mass is 10.1. The van der Waals surface area contributed by atoms with Crippen molar-refractivity contribution in [2.24, 2.45) is 0 Å². The molecule has 0 spiro atoms. The molecule has 3 rings (SSSR count). The molecule has 3 aromatic carbocycles. The monoisotopic (exact) mass is 440 g/mol. The molecular formula is C23H21ClN2O3S. The Morgan fingerprint density at radius 1 is 0.900 bits per heavy atom. The highest BCUT2D eigenvalue weighted by molar-refractivity contribution is 7.98. The van der Waals surface area contributed by atoms with Crippen molar-refractivity contribution in [1.82, 2.24) is 10.9 Å². The molecule has 7 heteroatoms. The van der Waals surface area contributed by atoms with E-state index in [2.05, 4.69) is 10.9 Å². The van der Waals surface area contributed by atoms with Crippen LogP contribution in [-0.4, -0.2) is 16.9 Å². The van der Waals surface area contributed by atoms with Crippen molar-refractivity contribution in [3.05, 3.63) is 94.5 Å². The summed E-state index contributed by atoms with van der Waals surface area (Å²) < 4.78 is 0. The van der Waals surface area contributed by atoms with Crippen LogP contribution in [0.1, 0.15) is 27.9 Å². The van der Waals surface area contributed by atoms with Crippen LogP contribution in [0.3, 0.4) is 0 Å². The first-order valence-electron chi connectivity index (χ1n) is 9.34. The number of halogens is 1. The lowest BCUT2D eigenvalue weighted by Gasteiger charge is -2.09. The first-order chi connectivity index (χ1) is 14.5. The zero-order valence-electron chi connectivity index (χ0n) is 16.1. The third-order valence-corrected chi connectivity index (χ3v) is 5.70. The number of para-hydroxylation sites is 1. The Bertz CT molecular complexity index is 1010. The van der Waals surface area contributed by atoms with Crippen LogP contribution in [-0.2, 0) is 17.0 Å². The Hall–Kier alpha value is -2.96. The van der Waals surface area contributed by atoms with Crippen molar-refractivity contribution in [3.8, 4) is 5.75 Å². The molecule has 154 valence electrons. The van der Waals surface area contributed by atoms with Crippen molar-refractivity contribution in [1.29, 1.82) is 0 Å². The third-order valence-electron chi connectivity index (χ3n) is 4.36. The molecule has 3 aromatic rings. The zero-order valence-corrected chi connectivity index (χ0v) is 17.7. The number of rotatable bonds is 7. The van der Waals surface area contributed by atoms with E-state index in [0.29, 0.717) is 22.6 Å². The summed E-state index contributed by atoms with van der Waals surface area (Å²) in [6, 6.07) is 21.7. The molecule has 0 saturated heterocycles. The standard InChI is InChI=1S/C23H21ClN2O3S/c24-19-10-12-20(13-11-19)30-15-16-5-7-18(8-6-16)23(29)26-25-22(28)14-9-17-3-1-2-4-21(17)27/h1-8,10-13,27H,9,14-15H2,(H,25,28)(H,26,29). The van der Waals surface area contributed by atoms with Gasteiger partial charge in [0, 0.05) is 27.7 Å². The summed E-state index contributed by atoms with van der Waals surface area (Å²) in [7, 11) is 0. The second-order valence-electron chi connectivity index (χ2n) is 6.57. The number of hydrogen-bond acceptors (Lipinski definition) is 4. The Morgan fingerprint density at radius 2 is 1.60 bits per heavy atom. The maximum Gasteiger partial charge on any atom is 0.269 e. The van der Waals surface area contributed by atoms with E-state index in [9.17, 15) is 14.7 Å². The first kappa shape index (κ1) is 21.7. The van der Waals surface area contributed by atoms with Gasteiger partial charge in [-0.15, -0.1) is 11.8 Å². The SMILES string of the molecule is O=C(CCc1ccccc1O)NNC(=O)c1ccc(CSc2ccc(Cl)cc2)cc1. The maximum atomic E-state index is 12.2. The first-order valence-corrected chi connectivity index (χ1v) is 10.7. The fraction of sp³-hybridized carbons (Fsp3) is 0.130. The van der Waals surface area contributed by atoms with Crippen LogP contribution in [0, 0.1) is 0 Å². The number of amides is 2. The summed E-state index contributed by atoms with van der Waals surface area (Å²) >= 11 is 7.57. The molecule has 0 aliphatic carbocycles. The van der Waals surface area contributed by atoms with Gasteiger partial charge in [-0.25, -0.2) is 0 Å². The summed E-state index contributed by atoms with van der Waals surface area (Å²) in [6.07, 6.45) is 0.535. The Kier molecular flexibility index (Phi) is 7.76. The van der Waals surface area contributed by atoms with E-state index in [4.69, 9.17) is 11.6 Å². The number of phenolic OH excluding ortho intramolecular Hbond substituents is 1. The molecule has 2 amide bonds. The number of hydrogen-bond donors (Lipinski definition) is 3. The smallest absolute Gasteiger partial charge is 0.269 e. The molecule has 0 bridgehead atoms. The molecule has 3 N–H and O–H groups in total. The van der Waals surface area contributed by atoms with Gasteiger partial charge in [0.05, 0.1) is 0 Å². The second kappa shape index (κ2) is 10.7. The van der Waals surface area contributed by atoms with Gasteiger partial charge >= 0.3 is 0 Å². The van der Waals surface area contributed by atoms with Gasteiger partial charge < -0.3 is 5.11 Å². The average Bonchev–Trinajstić information content (AvgIpc) is 2.77. The Morgan fingerprint density at radius 3 is 2.30 bits per heavy atom. The molecular weight excluding hydrogens is 420 g/mol. The van der Waals surface area contributed by atoms with Gasteiger partial charge in [0.15, 0.2) is 0 Å². The molecule has 0 aliphatic heterocycles. The van der Waals surface area contributed by atoms with E-state index in [1.807, 2.05) is 36.4 Å². The molecule has 30 heavy (non-hydrogen) atoms. The number of aryl methyl sites for hydroxylation is 1. The van der Waals surface area contributed by atoms with E-state index in [1.54, 1.807) is 48.2 Å². The molecule has 0 saturated carbocycles. The topological polar surface area (TPSA) is 78.4 Å². The second-order valence-corrected chi connectivity index (χ2v) is 8.06. The van der Waals surface area contributed by atoms with Crippen LogP contribution >= 0.6 is 23.4 Å². The highest BCUT2D eigenvalue weighted by atomic mass is 35.5. The number of thioether (sulfide) groups is 1. The van der Waals surface area contributed by atoms with Gasteiger partial charge in [0.1, 0.15) is 5.75 Å². The molecule has 0 heterocycles. The minimum absolute atomic E-state index is 0.152. The van der Waals surface area contributed by atoms with Gasteiger partial charge in [-0.05, 0) is 60.0 Å². The molecule has 0 aliphatic rings. The fourth-order valence-electron chi connectivity index (χ4n) is 2.68. The predicted octanol–water partition coefficient (Wildman–Crippen LogP) is 4.73. The summed E-state index contributed by atoms with van der Waals surface area (Å²) in [5.41, 5.74) is 7.04. The van der Waals surface area contributed by atoms with E-state index >= 15 is 0 Å². The van der Waals surface area contributed by atoms with Crippen molar-refractivity contribution in [2.75, 3.05) is 0 Å². The summed E-state index contributed by atoms with van der Waals surface area (Å²) in [5.74, 6) is 0.209. The summed E-state index contributed by atoms with van der Waals surface area (Å²) in [6.45, 7) is 0. The van der Waals surface area contributed by atoms with E-state index < -0.39 is 0 Å².